The number of nitrogens with zero attached hydrogens (tertiary/aromatic N) is 2. The van der Waals surface area contributed by atoms with Crippen LogP contribution in [0.15, 0.2) is 28.7 Å². The number of aryl methyl sites for hydroxylation is 1. The van der Waals surface area contributed by atoms with Gasteiger partial charge in [-0.05, 0) is 43.0 Å². The van der Waals surface area contributed by atoms with Gasteiger partial charge in [0, 0.05) is 17.1 Å². The van der Waals surface area contributed by atoms with Crippen LogP contribution < -0.4 is 4.74 Å². The number of rotatable bonds is 5. The van der Waals surface area contributed by atoms with Crippen molar-refractivity contribution in [1.82, 2.24) is 9.78 Å². The van der Waals surface area contributed by atoms with Gasteiger partial charge in [-0.15, -0.1) is 0 Å². The lowest BCUT2D eigenvalue weighted by Gasteiger charge is -2.09. The van der Waals surface area contributed by atoms with Gasteiger partial charge in [0.1, 0.15) is 5.75 Å². The second-order valence-corrected chi connectivity index (χ2v) is 6.19. The first-order valence-electron chi connectivity index (χ1n) is 6.74. The average Bonchev–Trinajstić information content (AvgIpc) is 3.17. The van der Waals surface area contributed by atoms with E-state index in [4.69, 9.17) is 9.84 Å². The number of benzene rings is 1. The molecule has 0 saturated heterocycles. The Bertz CT molecular complexity index is 692. The van der Waals surface area contributed by atoms with Crippen molar-refractivity contribution in [2.24, 2.45) is 13.0 Å². The molecule has 3 rings (SSSR count). The smallest absolute Gasteiger partial charge is 0.356 e. The first-order chi connectivity index (χ1) is 10.0. The van der Waals surface area contributed by atoms with Gasteiger partial charge in [0.05, 0.1) is 12.3 Å². The van der Waals surface area contributed by atoms with Crippen molar-refractivity contribution in [3.8, 4) is 17.0 Å². The molecule has 1 aliphatic rings. The first-order valence-corrected chi connectivity index (χ1v) is 7.53. The predicted octanol–water partition coefficient (Wildman–Crippen LogP) is 3.34. The van der Waals surface area contributed by atoms with Crippen LogP contribution in [0.3, 0.4) is 0 Å². The Labute approximate surface area is 130 Å². The molecule has 1 aromatic carbocycles. The van der Waals surface area contributed by atoms with E-state index >= 15 is 0 Å². The fourth-order valence-corrected chi connectivity index (χ4v) is 2.61. The van der Waals surface area contributed by atoms with E-state index in [0.29, 0.717) is 5.92 Å². The monoisotopic (exact) mass is 350 g/mol. The van der Waals surface area contributed by atoms with Crippen molar-refractivity contribution in [3.05, 3.63) is 34.4 Å². The Balaban J connectivity index is 1.91. The molecule has 5 nitrogen and oxygen atoms in total. The van der Waals surface area contributed by atoms with Gasteiger partial charge in [0.25, 0.3) is 0 Å². The molecule has 0 spiro atoms. The maximum Gasteiger partial charge on any atom is 0.356 e. The van der Waals surface area contributed by atoms with Gasteiger partial charge in [-0.25, -0.2) is 4.79 Å². The van der Waals surface area contributed by atoms with Gasteiger partial charge in [-0.2, -0.15) is 5.10 Å². The molecule has 0 unspecified atom stereocenters. The number of hydrogen-bond donors (Lipinski definition) is 1. The number of carboxylic acid groups (broad SMARTS) is 1. The van der Waals surface area contributed by atoms with Crippen LogP contribution >= 0.6 is 15.9 Å². The molecule has 0 radical (unpaired) electrons. The molecule has 110 valence electrons. The topological polar surface area (TPSA) is 64.4 Å². The fourth-order valence-electron chi connectivity index (χ4n) is 2.13. The molecule has 0 atom stereocenters. The second-order valence-electron chi connectivity index (χ2n) is 5.27. The molecule has 1 aliphatic carbocycles. The zero-order chi connectivity index (χ0) is 15.0. The van der Waals surface area contributed by atoms with Gasteiger partial charge >= 0.3 is 5.97 Å². The van der Waals surface area contributed by atoms with Gasteiger partial charge in [0.15, 0.2) is 5.69 Å². The van der Waals surface area contributed by atoms with Gasteiger partial charge in [-0.3, -0.25) is 4.68 Å². The van der Waals surface area contributed by atoms with Gasteiger partial charge in [-0.1, -0.05) is 15.9 Å². The third kappa shape index (κ3) is 3.26. The highest BCUT2D eigenvalue weighted by Crippen LogP contribution is 2.32. The summed E-state index contributed by atoms with van der Waals surface area (Å²) in [6.45, 7) is 0.738. The van der Waals surface area contributed by atoms with E-state index < -0.39 is 5.97 Å². The zero-order valence-corrected chi connectivity index (χ0v) is 13.1. The maximum atomic E-state index is 11.0. The summed E-state index contributed by atoms with van der Waals surface area (Å²) in [5.74, 6) is 0.434. The molecular formula is C15H15BrN2O3. The standard InChI is InChI=1S/C15H15BrN2O3/c1-18-14(7-13(17-18)15(19)20)10-4-11(16)6-12(5-10)21-8-9-2-3-9/h4-7,9H,2-3,8H2,1H3,(H,19,20). The Kier molecular flexibility index (Phi) is 3.71. The van der Waals surface area contributed by atoms with Crippen molar-refractivity contribution in [3.63, 3.8) is 0 Å². The minimum atomic E-state index is -1.03. The Hall–Kier alpha value is -1.82. The fraction of sp³-hybridized carbons (Fsp3) is 0.333. The molecule has 1 N–H and O–H groups in total. The minimum absolute atomic E-state index is 0.0351. The van der Waals surface area contributed by atoms with Crippen LogP contribution in [0.2, 0.25) is 0 Å². The number of aromatic nitrogens is 2. The summed E-state index contributed by atoms with van der Waals surface area (Å²) in [6.07, 6.45) is 2.48. The van der Waals surface area contributed by atoms with Crippen molar-refractivity contribution < 1.29 is 14.6 Å². The van der Waals surface area contributed by atoms with Crippen LogP contribution in [0.5, 0.6) is 5.75 Å². The van der Waals surface area contributed by atoms with Crippen molar-refractivity contribution >= 4 is 21.9 Å². The van der Waals surface area contributed by atoms with Gasteiger partial charge < -0.3 is 9.84 Å². The maximum absolute atomic E-state index is 11.0. The summed E-state index contributed by atoms with van der Waals surface area (Å²) in [5, 5.41) is 13.0. The molecule has 1 saturated carbocycles. The third-order valence-corrected chi connectivity index (χ3v) is 3.91. The van der Waals surface area contributed by atoms with Crippen molar-refractivity contribution in [2.75, 3.05) is 6.61 Å². The summed E-state index contributed by atoms with van der Waals surface area (Å²) in [4.78, 5) is 11.0. The second kappa shape index (κ2) is 5.52. The summed E-state index contributed by atoms with van der Waals surface area (Å²) in [6, 6.07) is 7.32. The number of carbonyl (C=O) groups is 1. The van der Waals surface area contributed by atoms with Gasteiger partial charge in [0.2, 0.25) is 0 Å². The molecule has 1 aromatic heterocycles. The number of hydrogen-bond acceptors (Lipinski definition) is 3. The lowest BCUT2D eigenvalue weighted by molar-refractivity contribution is 0.0689. The molecule has 1 heterocycles. The summed E-state index contributed by atoms with van der Waals surface area (Å²) in [7, 11) is 1.73. The number of halogens is 1. The molecule has 21 heavy (non-hydrogen) atoms. The molecule has 6 heteroatoms. The molecule has 0 amide bonds. The molecule has 0 aliphatic heterocycles. The van der Waals surface area contributed by atoms with Crippen LogP contribution in [0.1, 0.15) is 23.3 Å². The lowest BCUT2D eigenvalue weighted by Crippen LogP contribution is -2.00. The van der Waals surface area contributed by atoms with Crippen molar-refractivity contribution in [2.45, 2.75) is 12.8 Å². The predicted molar refractivity (Wildman–Crippen MR) is 81.5 cm³/mol. The number of ether oxygens (including phenoxy) is 1. The van der Waals surface area contributed by atoms with E-state index in [9.17, 15) is 4.79 Å². The highest BCUT2D eigenvalue weighted by molar-refractivity contribution is 9.10. The molecule has 1 fully saturated rings. The van der Waals surface area contributed by atoms with Crippen LogP contribution in [0, 0.1) is 5.92 Å². The molecule has 0 bridgehead atoms. The quantitative estimate of drug-likeness (QED) is 0.897. The third-order valence-electron chi connectivity index (χ3n) is 3.45. The van der Waals surface area contributed by atoms with E-state index in [1.807, 2.05) is 18.2 Å². The highest BCUT2D eigenvalue weighted by atomic mass is 79.9. The van der Waals surface area contributed by atoms with E-state index in [2.05, 4.69) is 21.0 Å². The summed E-state index contributed by atoms with van der Waals surface area (Å²) >= 11 is 3.47. The average molecular weight is 351 g/mol. The lowest BCUT2D eigenvalue weighted by atomic mass is 10.1. The Morgan fingerprint density at radius 2 is 2.19 bits per heavy atom. The minimum Gasteiger partial charge on any atom is -0.493 e. The SMILES string of the molecule is Cn1nc(C(=O)O)cc1-c1cc(Br)cc(OCC2CC2)c1. The molecule has 2 aromatic rings. The van der Waals surface area contributed by atoms with E-state index in [-0.39, 0.29) is 5.69 Å². The van der Waals surface area contributed by atoms with Crippen LogP contribution in [-0.4, -0.2) is 27.5 Å². The summed E-state index contributed by atoms with van der Waals surface area (Å²) in [5.41, 5.74) is 1.65. The summed E-state index contributed by atoms with van der Waals surface area (Å²) < 4.78 is 8.25. The largest absolute Gasteiger partial charge is 0.493 e. The molecular weight excluding hydrogens is 336 g/mol. The van der Waals surface area contributed by atoms with Crippen LogP contribution in [0.25, 0.3) is 11.3 Å². The number of aromatic carboxylic acids is 1. The normalized spacial score (nSPS) is 14.2. The van der Waals surface area contributed by atoms with E-state index in [1.165, 1.54) is 12.8 Å². The van der Waals surface area contributed by atoms with Crippen LogP contribution in [0.4, 0.5) is 0 Å². The van der Waals surface area contributed by atoms with E-state index in [1.54, 1.807) is 17.8 Å². The highest BCUT2D eigenvalue weighted by Gasteiger charge is 2.22. The number of carboxylic acids is 1. The zero-order valence-electron chi connectivity index (χ0n) is 11.5. The van der Waals surface area contributed by atoms with Crippen LogP contribution in [-0.2, 0) is 7.05 Å². The Morgan fingerprint density at radius 3 is 2.81 bits per heavy atom. The van der Waals surface area contributed by atoms with Crippen molar-refractivity contribution in [1.29, 1.82) is 0 Å². The first kappa shape index (κ1) is 14.1. The van der Waals surface area contributed by atoms with E-state index in [0.717, 1.165) is 28.1 Å². The Morgan fingerprint density at radius 1 is 1.43 bits per heavy atom.